The van der Waals surface area contributed by atoms with Gasteiger partial charge in [-0.1, -0.05) is 12.1 Å². The van der Waals surface area contributed by atoms with Crippen LogP contribution in [0.1, 0.15) is 10.4 Å². The summed E-state index contributed by atoms with van der Waals surface area (Å²) in [5, 5.41) is 0. The molecule has 1 aromatic carbocycles. The summed E-state index contributed by atoms with van der Waals surface area (Å²) in [4.78, 5) is 20.1. The first-order valence-corrected chi connectivity index (χ1v) is 5.69. The zero-order chi connectivity index (χ0) is 13.2. The Morgan fingerprint density at radius 1 is 1.21 bits per heavy atom. The van der Waals surface area contributed by atoms with Crippen LogP contribution in [0.25, 0.3) is 22.7 Å². The molecule has 0 saturated heterocycles. The summed E-state index contributed by atoms with van der Waals surface area (Å²) in [7, 11) is 1.33. The standard InChI is InChI=1S/C14H10N2O3/c1-18-14(17)9-5-4-7-10-12(9)19-13(16-10)11-6-2-3-8-15-11/h2-8H,1H3. The van der Waals surface area contributed by atoms with E-state index in [-0.39, 0.29) is 0 Å². The Balaban J connectivity index is 2.19. The number of benzene rings is 1. The Kier molecular flexibility index (Phi) is 2.72. The van der Waals surface area contributed by atoms with Gasteiger partial charge in [0.1, 0.15) is 16.8 Å². The van der Waals surface area contributed by atoms with Gasteiger partial charge in [0.25, 0.3) is 0 Å². The summed E-state index contributed by atoms with van der Waals surface area (Å²) >= 11 is 0. The van der Waals surface area contributed by atoms with E-state index in [9.17, 15) is 4.79 Å². The number of esters is 1. The summed E-state index contributed by atoms with van der Waals surface area (Å²) in [5.74, 6) is -0.0683. The average Bonchev–Trinajstić information content (AvgIpc) is 2.91. The van der Waals surface area contributed by atoms with E-state index in [4.69, 9.17) is 9.15 Å². The normalized spacial score (nSPS) is 10.6. The first kappa shape index (κ1) is 11.4. The lowest BCUT2D eigenvalue weighted by Crippen LogP contribution is -2.00. The van der Waals surface area contributed by atoms with E-state index < -0.39 is 5.97 Å². The molecule has 0 radical (unpaired) electrons. The fraction of sp³-hybridized carbons (Fsp3) is 0.0714. The van der Waals surface area contributed by atoms with Gasteiger partial charge in [-0.2, -0.15) is 0 Å². The molecule has 0 saturated carbocycles. The molecule has 3 aromatic rings. The number of rotatable bonds is 2. The Morgan fingerprint density at radius 2 is 2.11 bits per heavy atom. The number of ether oxygens (including phenoxy) is 1. The molecule has 94 valence electrons. The highest BCUT2D eigenvalue weighted by Crippen LogP contribution is 2.25. The number of hydrogen-bond donors (Lipinski definition) is 0. The molecule has 0 aliphatic heterocycles. The highest BCUT2D eigenvalue weighted by molar-refractivity contribution is 6.01. The van der Waals surface area contributed by atoms with Crippen molar-refractivity contribution in [2.45, 2.75) is 0 Å². The number of fused-ring (bicyclic) bond motifs is 1. The quantitative estimate of drug-likeness (QED) is 0.658. The molecule has 19 heavy (non-hydrogen) atoms. The summed E-state index contributed by atoms with van der Waals surface area (Å²) < 4.78 is 10.4. The highest BCUT2D eigenvalue weighted by Gasteiger charge is 2.16. The molecule has 2 aromatic heterocycles. The van der Waals surface area contributed by atoms with Gasteiger partial charge in [-0.05, 0) is 24.3 Å². The molecule has 0 N–H and O–H groups in total. The lowest BCUT2D eigenvalue weighted by atomic mass is 10.2. The van der Waals surface area contributed by atoms with Crippen LogP contribution in [0.2, 0.25) is 0 Å². The molecular formula is C14H10N2O3. The largest absolute Gasteiger partial charge is 0.465 e. The first-order chi connectivity index (χ1) is 9.29. The Hall–Kier alpha value is -2.69. The smallest absolute Gasteiger partial charge is 0.341 e. The molecule has 0 aliphatic carbocycles. The van der Waals surface area contributed by atoms with Gasteiger partial charge in [0.05, 0.1) is 7.11 Å². The van der Waals surface area contributed by atoms with Gasteiger partial charge < -0.3 is 9.15 Å². The topological polar surface area (TPSA) is 65.2 Å². The summed E-state index contributed by atoms with van der Waals surface area (Å²) in [6, 6.07) is 10.6. The molecule has 2 heterocycles. The van der Waals surface area contributed by atoms with E-state index in [1.165, 1.54) is 7.11 Å². The minimum Gasteiger partial charge on any atom is -0.465 e. The van der Waals surface area contributed by atoms with Crippen LogP contribution in [0, 0.1) is 0 Å². The van der Waals surface area contributed by atoms with Crippen molar-refractivity contribution in [1.29, 1.82) is 0 Å². The molecule has 5 heteroatoms. The van der Waals surface area contributed by atoms with Gasteiger partial charge in [0, 0.05) is 6.20 Å². The maximum atomic E-state index is 11.6. The lowest BCUT2D eigenvalue weighted by Gasteiger charge is -1.98. The SMILES string of the molecule is COC(=O)c1cccc2nc(-c3ccccn3)oc12. The van der Waals surface area contributed by atoms with Crippen LogP contribution in [-0.4, -0.2) is 23.0 Å². The molecule has 0 unspecified atom stereocenters. The van der Waals surface area contributed by atoms with E-state index in [0.29, 0.717) is 28.2 Å². The second kappa shape index (κ2) is 4.53. The molecular weight excluding hydrogens is 244 g/mol. The third-order valence-corrected chi connectivity index (χ3v) is 2.70. The van der Waals surface area contributed by atoms with Crippen LogP contribution in [-0.2, 0) is 4.74 Å². The van der Waals surface area contributed by atoms with Crippen molar-refractivity contribution in [3.8, 4) is 11.6 Å². The summed E-state index contributed by atoms with van der Waals surface area (Å²) in [5.41, 5.74) is 1.99. The number of methoxy groups -OCH3 is 1. The van der Waals surface area contributed by atoms with Crippen molar-refractivity contribution in [2.24, 2.45) is 0 Å². The third-order valence-electron chi connectivity index (χ3n) is 2.70. The van der Waals surface area contributed by atoms with Crippen molar-refractivity contribution < 1.29 is 13.9 Å². The van der Waals surface area contributed by atoms with Crippen LogP contribution in [0.3, 0.4) is 0 Å². The number of carbonyl (C=O) groups is 1. The maximum absolute atomic E-state index is 11.6. The van der Waals surface area contributed by atoms with Gasteiger partial charge >= 0.3 is 5.97 Å². The zero-order valence-corrected chi connectivity index (χ0v) is 10.2. The monoisotopic (exact) mass is 254 g/mol. The summed E-state index contributed by atoms with van der Waals surface area (Å²) in [6.45, 7) is 0. The Bertz CT molecular complexity index is 735. The molecule has 3 rings (SSSR count). The van der Waals surface area contributed by atoms with Crippen LogP contribution < -0.4 is 0 Å². The lowest BCUT2D eigenvalue weighted by molar-refractivity contribution is 0.0602. The third kappa shape index (κ3) is 1.95. The first-order valence-electron chi connectivity index (χ1n) is 5.69. The Morgan fingerprint density at radius 3 is 2.84 bits per heavy atom. The fourth-order valence-corrected chi connectivity index (χ4v) is 1.82. The number of hydrogen-bond acceptors (Lipinski definition) is 5. The molecule has 0 spiro atoms. The number of carbonyl (C=O) groups excluding carboxylic acids is 1. The maximum Gasteiger partial charge on any atom is 0.341 e. The zero-order valence-electron chi connectivity index (χ0n) is 10.2. The van der Waals surface area contributed by atoms with Crippen molar-refractivity contribution in [1.82, 2.24) is 9.97 Å². The Labute approximate surface area is 108 Å². The molecule has 0 aliphatic rings. The van der Waals surface area contributed by atoms with Gasteiger partial charge in [-0.3, -0.25) is 4.98 Å². The van der Waals surface area contributed by atoms with Crippen molar-refractivity contribution in [3.05, 3.63) is 48.2 Å². The van der Waals surface area contributed by atoms with Gasteiger partial charge in [-0.15, -0.1) is 0 Å². The van der Waals surface area contributed by atoms with Crippen molar-refractivity contribution in [3.63, 3.8) is 0 Å². The van der Waals surface area contributed by atoms with Crippen molar-refractivity contribution in [2.75, 3.05) is 7.11 Å². The van der Waals surface area contributed by atoms with E-state index in [1.54, 1.807) is 30.5 Å². The second-order valence-electron chi connectivity index (χ2n) is 3.88. The minimum absolute atomic E-state index is 0.356. The van der Waals surface area contributed by atoms with E-state index in [2.05, 4.69) is 9.97 Å². The predicted molar refractivity (Wildman–Crippen MR) is 68.6 cm³/mol. The predicted octanol–water partition coefficient (Wildman–Crippen LogP) is 2.68. The molecule has 0 amide bonds. The summed E-state index contributed by atoms with van der Waals surface area (Å²) in [6.07, 6.45) is 1.66. The van der Waals surface area contributed by atoms with E-state index >= 15 is 0 Å². The number of nitrogens with zero attached hydrogens (tertiary/aromatic N) is 2. The molecule has 0 fully saturated rings. The van der Waals surface area contributed by atoms with E-state index in [1.807, 2.05) is 12.1 Å². The second-order valence-corrected chi connectivity index (χ2v) is 3.88. The van der Waals surface area contributed by atoms with Crippen LogP contribution >= 0.6 is 0 Å². The van der Waals surface area contributed by atoms with Gasteiger partial charge in [0.15, 0.2) is 5.58 Å². The van der Waals surface area contributed by atoms with Crippen LogP contribution in [0.15, 0.2) is 47.0 Å². The van der Waals surface area contributed by atoms with Gasteiger partial charge in [0.2, 0.25) is 5.89 Å². The average molecular weight is 254 g/mol. The minimum atomic E-state index is -0.450. The number of pyridine rings is 1. The molecule has 0 atom stereocenters. The van der Waals surface area contributed by atoms with E-state index in [0.717, 1.165) is 0 Å². The van der Waals surface area contributed by atoms with Gasteiger partial charge in [-0.25, -0.2) is 9.78 Å². The number of para-hydroxylation sites is 1. The number of oxazole rings is 1. The molecule has 5 nitrogen and oxygen atoms in total. The molecule has 0 bridgehead atoms. The van der Waals surface area contributed by atoms with Crippen LogP contribution in [0.5, 0.6) is 0 Å². The van der Waals surface area contributed by atoms with Crippen molar-refractivity contribution >= 4 is 17.1 Å². The number of aromatic nitrogens is 2. The fourth-order valence-electron chi connectivity index (χ4n) is 1.82. The highest BCUT2D eigenvalue weighted by atomic mass is 16.5. The van der Waals surface area contributed by atoms with Crippen LogP contribution in [0.4, 0.5) is 0 Å².